The monoisotopic (exact) mass is 211 g/mol. The lowest BCUT2D eigenvalue weighted by molar-refractivity contribution is 0.439. The first kappa shape index (κ1) is 12.0. The summed E-state index contributed by atoms with van der Waals surface area (Å²) in [6.07, 6.45) is 5.95. The van der Waals surface area contributed by atoms with Gasteiger partial charge in [0.2, 0.25) is 0 Å². The van der Waals surface area contributed by atoms with Crippen molar-refractivity contribution >= 4 is 0 Å². The zero-order chi connectivity index (χ0) is 11.3. The lowest BCUT2D eigenvalue weighted by atomic mass is 10.2. The number of nitrogens with one attached hydrogen (secondary N) is 1. The van der Waals surface area contributed by atoms with Gasteiger partial charge in [-0.05, 0) is 20.4 Å². The van der Waals surface area contributed by atoms with Crippen molar-refractivity contribution in [3.8, 4) is 0 Å². The van der Waals surface area contributed by atoms with Gasteiger partial charge in [-0.2, -0.15) is 0 Å². The van der Waals surface area contributed by atoms with Crippen molar-refractivity contribution in [1.82, 2.24) is 14.5 Å². The van der Waals surface area contributed by atoms with E-state index in [1.807, 2.05) is 26.4 Å². The molecule has 0 spiro atoms. The summed E-state index contributed by atoms with van der Waals surface area (Å²) < 4.78 is 3.50. The minimum absolute atomic E-state index is 0.0915. The summed E-state index contributed by atoms with van der Waals surface area (Å²) in [6, 6.07) is 0.389. The highest BCUT2D eigenvalue weighted by atomic mass is 16.1. The molecule has 86 valence electrons. The molecule has 0 fully saturated rings. The second-order valence-electron chi connectivity index (χ2n) is 3.79. The van der Waals surface area contributed by atoms with Gasteiger partial charge in [-0.15, -0.1) is 0 Å². The number of hydrogen-bond acceptors (Lipinski definition) is 2. The van der Waals surface area contributed by atoms with Crippen LogP contribution in [0.3, 0.4) is 0 Å². The Balaban J connectivity index is 2.70. The molecule has 4 heteroatoms. The molecule has 0 saturated heterocycles. The number of rotatable bonds is 6. The fraction of sp³-hybridized carbons (Fsp3) is 0.727. The first-order valence-corrected chi connectivity index (χ1v) is 5.65. The van der Waals surface area contributed by atoms with E-state index in [1.165, 1.54) is 0 Å². The van der Waals surface area contributed by atoms with E-state index in [9.17, 15) is 4.79 Å². The standard InChI is InChI=1S/C11H21N3O/c1-4-6-10(12-3)9-14-8-7-13(5-2)11(14)15/h7-8,10,12H,4-6,9H2,1-3H3. The lowest BCUT2D eigenvalue weighted by Crippen LogP contribution is -2.34. The van der Waals surface area contributed by atoms with E-state index < -0.39 is 0 Å². The highest BCUT2D eigenvalue weighted by molar-refractivity contribution is 4.83. The van der Waals surface area contributed by atoms with Gasteiger partial charge in [-0.3, -0.25) is 9.13 Å². The topological polar surface area (TPSA) is 39.0 Å². The zero-order valence-electron chi connectivity index (χ0n) is 9.86. The zero-order valence-corrected chi connectivity index (χ0v) is 9.86. The van der Waals surface area contributed by atoms with Crippen LogP contribution in [0.5, 0.6) is 0 Å². The van der Waals surface area contributed by atoms with Crippen molar-refractivity contribution < 1.29 is 0 Å². The SMILES string of the molecule is CCCC(Cn1ccn(CC)c1=O)NC. The number of hydrogen-bond donors (Lipinski definition) is 1. The van der Waals surface area contributed by atoms with E-state index in [4.69, 9.17) is 0 Å². The van der Waals surface area contributed by atoms with Crippen molar-refractivity contribution in [3.63, 3.8) is 0 Å². The van der Waals surface area contributed by atoms with Gasteiger partial charge >= 0.3 is 5.69 Å². The molecular weight excluding hydrogens is 190 g/mol. The molecule has 0 aliphatic rings. The molecule has 1 rings (SSSR count). The maximum Gasteiger partial charge on any atom is 0.328 e. The fourth-order valence-corrected chi connectivity index (χ4v) is 1.75. The third kappa shape index (κ3) is 2.96. The van der Waals surface area contributed by atoms with Crippen LogP contribution in [0.1, 0.15) is 26.7 Å². The van der Waals surface area contributed by atoms with Crippen LogP contribution in [-0.4, -0.2) is 22.2 Å². The van der Waals surface area contributed by atoms with Crippen molar-refractivity contribution in [2.75, 3.05) is 7.05 Å². The average molecular weight is 211 g/mol. The molecule has 1 aromatic heterocycles. The minimum atomic E-state index is 0.0915. The van der Waals surface area contributed by atoms with Gasteiger partial charge < -0.3 is 5.32 Å². The van der Waals surface area contributed by atoms with Gasteiger partial charge in [0.25, 0.3) is 0 Å². The summed E-state index contributed by atoms with van der Waals surface area (Å²) in [4.78, 5) is 11.8. The molecule has 0 amide bonds. The van der Waals surface area contributed by atoms with E-state index in [0.29, 0.717) is 6.04 Å². The van der Waals surface area contributed by atoms with Crippen molar-refractivity contribution in [1.29, 1.82) is 0 Å². The smallest absolute Gasteiger partial charge is 0.315 e. The van der Waals surface area contributed by atoms with Crippen LogP contribution in [0.4, 0.5) is 0 Å². The number of likely N-dealkylation sites (N-methyl/N-ethyl adjacent to an activating group) is 1. The highest BCUT2D eigenvalue weighted by Gasteiger charge is 2.08. The van der Waals surface area contributed by atoms with Crippen LogP contribution >= 0.6 is 0 Å². The van der Waals surface area contributed by atoms with Gasteiger partial charge in [0.1, 0.15) is 0 Å². The second-order valence-corrected chi connectivity index (χ2v) is 3.79. The predicted molar refractivity (Wildman–Crippen MR) is 62.1 cm³/mol. The largest absolute Gasteiger partial charge is 0.328 e. The minimum Gasteiger partial charge on any atom is -0.315 e. The number of imidazole rings is 1. The van der Waals surface area contributed by atoms with Crippen LogP contribution in [0, 0.1) is 0 Å². The van der Waals surface area contributed by atoms with Gasteiger partial charge in [-0.1, -0.05) is 13.3 Å². The summed E-state index contributed by atoms with van der Waals surface area (Å²) in [5, 5.41) is 3.24. The molecule has 0 radical (unpaired) electrons. The maximum atomic E-state index is 11.8. The van der Waals surface area contributed by atoms with E-state index in [0.717, 1.165) is 25.9 Å². The fourth-order valence-electron chi connectivity index (χ4n) is 1.75. The molecule has 4 nitrogen and oxygen atoms in total. The van der Waals surface area contributed by atoms with Crippen molar-refractivity contribution in [2.24, 2.45) is 0 Å². The summed E-state index contributed by atoms with van der Waals surface area (Å²) in [5.74, 6) is 0. The normalized spacial score (nSPS) is 13.0. The molecule has 1 aromatic rings. The average Bonchev–Trinajstić information content (AvgIpc) is 2.59. The van der Waals surface area contributed by atoms with Crippen molar-refractivity contribution in [2.45, 2.75) is 45.8 Å². The summed E-state index contributed by atoms with van der Waals surface area (Å²) in [5.41, 5.74) is 0.0915. The Morgan fingerprint density at radius 2 is 2.00 bits per heavy atom. The lowest BCUT2D eigenvalue weighted by Gasteiger charge is -2.14. The molecule has 0 saturated carbocycles. The third-order valence-electron chi connectivity index (χ3n) is 2.72. The molecule has 15 heavy (non-hydrogen) atoms. The predicted octanol–water partition coefficient (Wildman–Crippen LogP) is 1.06. The van der Waals surface area contributed by atoms with Gasteiger partial charge in [0, 0.05) is 31.5 Å². The van der Waals surface area contributed by atoms with Crippen molar-refractivity contribution in [3.05, 3.63) is 22.9 Å². The van der Waals surface area contributed by atoms with Crippen LogP contribution < -0.4 is 11.0 Å². The molecular formula is C11H21N3O. The number of aromatic nitrogens is 2. The Hall–Kier alpha value is -1.03. The highest BCUT2D eigenvalue weighted by Crippen LogP contribution is 1.98. The van der Waals surface area contributed by atoms with Crippen LogP contribution in [0.25, 0.3) is 0 Å². The number of aryl methyl sites for hydroxylation is 1. The Labute approximate surface area is 90.9 Å². The Morgan fingerprint density at radius 1 is 1.33 bits per heavy atom. The van der Waals surface area contributed by atoms with Crippen LogP contribution in [-0.2, 0) is 13.1 Å². The second kappa shape index (κ2) is 5.75. The van der Waals surface area contributed by atoms with Gasteiger partial charge in [0.05, 0.1) is 0 Å². The van der Waals surface area contributed by atoms with Gasteiger partial charge in [0.15, 0.2) is 0 Å². The van der Waals surface area contributed by atoms with E-state index in [-0.39, 0.29) is 5.69 Å². The maximum absolute atomic E-state index is 11.8. The Morgan fingerprint density at radius 3 is 2.47 bits per heavy atom. The molecule has 0 aliphatic heterocycles. The molecule has 1 heterocycles. The molecule has 1 unspecified atom stereocenters. The van der Waals surface area contributed by atoms with Crippen LogP contribution in [0.15, 0.2) is 17.2 Å². The summed E-state index contributed by atoms with van der Waals surface area (Å²) in [7, 11) is 1.95. The molecule has 1 atom stereocenters. The Bertz CT molecular complexity index is 340. The molecule has 0 aromatic carbocycles. The third-order valence-corrected chi connectivity index (χ3v) is 2.72. The quantitative estimate of drug-likeness (QED) is 0.764. The first-order valence-electron chi connectivity index (χ1n) is 5.65. The first-order chi connectivity index (χ1) is 7.22. The van der Waals surface area contributed by atoms with Crippen LogP contribution in [0.2, 0.25) is 0 Å². The van der Waals surface area contributed by atoms with E-state index >= 15 is 0 Å². The summed E-state index contributed by atoms with van der Waals surface area (Å²) in [6.45, 7) is 5.64. The molecule has 0 aliphatic carbocycles. The summed E-state index contributed by atoms with van der Waals surface area (Å²) >= 11 is 0. The molecule has 1 N–H and O–H groups in total. The Kier molecular flexibility index (Phi) is 4.62. The van der Waals surface area contributed by atoms with E-state index in [2.05, 4.69) is 12.2 Å². The van der Waals surface area contributed by atoms with Gasteiger partial charge in [-0.25, -0.2) is 4.79 Å². The number of nitrogens with zero attached hydrogens (tertiary/aromatic N) is 2. The van der Waals surface area contributed by atoms with E-state index in [1.54, 1.807) is 9.13 Å². The molecule has 0 bridgehead atoms.